The Labute approximate surface area is 168 Å². The van der Waals surface area contributed by atoms with Crippen LogP contribution in [0.25, 0.3) is 0 Å². The summed E-state index contributed by atoms with van der Waals surface area (Å²) in [5.74, 6) is -0.842. The van der Waals surface area contributed by atoms with E-state index < -0.39 is 5.97 Å². The van der Waals surface area contributed by atoms with Crippen molar-refractivity contribution in [3.63, 3.8) is 0 Å². The van der Waals surface area contributed by atoms with E-state index in [4.69, 9.17) is 16.3 Å². The van der Waals surface area contributed by atoms with E-state index in [2.05, 4.69) is 10.4 Å². The summed E-state index contributed by atoms with van der Waals surface area (Å²) in [7, 11) is 1.28. The molecule has 0 aliphatic carbocycles. The smallest absolute Gasteiger partial charge is 0.339 e. The number of esters is 1. The number of halogens is 1. The number of aryl methyl sites for hydroxylation is 2. The first kappa shape index (κ1) is 19.6. The summed E-state index contributed by atoms with van der Waals surface area (Å²) in [4.78, 5) is 24.2. The molecule has 7 heteroatoms. The lowest BCUT2D eigenvalue weighted by molar-refractivity contribution is 0.0600. The molecule has 0 unspecified atom stereocenters. The fraction of sp³-hybridized carbons (Fsp3) is 0.190. The van der Waals surface area contributed by atoms with E-state index in [-0.39, 0.29) is 16.5 Å². The Balaban J connectivity index is 1.71. The Hall–Kier alpha value is -3.12. The molecule has 2 aromatic carbocycles. The van der Waals surface area contributed by atoms with Crippen LogP contribution in [0.2, 0.25) is 5.02 Å². The molecule has 3 rings (SSSR count). The molecular formula is C21H20ClN3O3. The zero-order valence-electron chi connectivity index (χ0n) is 15.8. The SMILES string of the molecule is COC(=O)c1cc(NC(=O)c2ccc(Cn3nc(C)cc3C)cc2)ccc1Cl. The Morgan fingerprint density at radius 2 is 1.82 bits per heavy atom. The topological polar surface area (TPSA) is 73.2 Å². The zero-order valence-corrected chi connectivity index (χ0v) is 16.6. The highest BCUT2D eigenvalue weighted by Gasteiger charge is 2.13. The van der Waals surface area contributed by atoms with Gasteiger partial charge in [0.15, 0.2) is 0 Å². The zero-order chi connectivity index (χ0) is 20.3. The number of hydrogen-bond acceptors (Lipinski definition) is 4. The van der Waals surface area contributed by atoms with Crippen LogP contribution in [0.5, 0.6) is 0 Å². The lowest BCUT2D eigenvalue weighted by atomic mass is 10.1. The fourth-order valence-corrected chi connectivity index (χ4v) is 3.04. The van der Waals surface area contributed by atoms with Crippen molar-refractivity contribution in [1.82, 2.24) is 9.78 Å². The average molecular weight is 398 g/mol. The second kappa shape index (κ2) is 8.27. The van der Waals surface area contributed by atoms with Crippen molar-refractivity contribution in [2.24, 2.45) is 0 Å². The predicted octanol–water partition coefficient (Wildman–Crippen LogP) is 4.24. The highest BCUT2D eigenvalue weighted by molar-refractivity contribution is 6.33. The van der Waals surface area contributed by atoms with Crippen LogP contribution in [0.15, 0.2) is 48.5 Å². The number of nitrogens with zero attached hydrogens (tertiary/aromatic N) is 2. The Morgan fingerprint density at radius 3 is 2.43 bits per heavy atom. The Bertz CT molecular complexity index is 1030. The van der Waals surface area contributed by atoms with Crippen LogP contribution in [0, 0.1) is 13.8 Å². The van der Waals surface area contributed by atoms with Gasteiger partial charge in [0.2, 0.25) is 0 Å². The summed E-state index contributed by atoms with van der Waals surface area (Å²) < 4.78 is 6.61. The summed E-state index contributed by atoms with van der Waals surface area (Å²) in [5.41, 5.74) is 4.27. The first-order chi connectivity index (χ1) is 13.4. The number of nitrogens with one attached hydrogen (secondary N) is 1. The van der Waals surface area contributed by atoms with Gasteiger partial charge in [-0.25, -0.2) is 4.79 Å². The first-order valence-electron chi connectivity index (χ1n) is 8.66. The van der Waals surface area contributed by atoms with Crippen molar-refractivity contribution in [1.29, 1.82) is 0 Å². The van der Waals surface area contributed by atoms with Crippen molar-refractivity contribution < 1.29 is 14.3 Å². The number of rotatable bonds is 5. The summed E-state index contributed by atoms with van der Waals surface area (Å²) in [5, 5.41) is 7.47. The van der Waals surface area contributed by atoms with Gasteiger partial charge in [0.1, 0.15) is 0 Å². The van der Waals surface area contributed by atoms with E-state index >= 15 is 0 Å². The summed E-state index contributed by atoms with van der Waals surface area (Å²) in [6.07, 6.45) is 0. The molecule has 1 heterocycles. The minimum Gasteiger partial charge on any atom is -0.465 e. The lowest BCUT2D eigenvalue weighted by Crippen LogP contribution is -2.13. The molecule has 1 amide bonds. The van der Waals surface area contributed by atoms with E-state index in [0.29, 0.717) is 17.8 Å². The molecule has 6 nitrogen and oxygen atoms in total. The molecule has 1 aromatic heterocycles. The van der Waals surface area contributed by atoms with Gasteiger partial charge in [-0.05, 0) is 55.8 Å². The standard InChI is InChI=1S/C21H20ClN3O3/c1-13-10-14(2)25(24-13)12-15-4-6-16(7-5-15)20(26)23-17-8-9-19(22)18(11-17)21(27)28-3/h4-11H,12H2,1-3H3,(H,23,26). The molecule has 28 heavy (non-hydrogen) atoms. The molecule has 3 aromatic rings. The van der Waals surface area contributed by atoms with Crippen molar-refractivity contribution in [2.75, 3.05) is 12.4 Å². The number of anilines is 1. The highest BCUT2D eigenvalue weighted by atomic mass is 35.5. The normalized spacial score (nSPS) is 10.6. The van der Waals surface area contributed by atoms with E-state index in [1.807, 2.05) is 36.7 Å². The Kier molecular flexibility index (Phi) is 5.80. The molecule has 1 N–H and O–H groups in total. The molecule has 0 saturated carbocycles. The van der Waals surface area contributed by atoms with Crippen molar-refractivity contribution in [3.05, 3.63) is 81.6 Å². The number of benzene rings is 2. The van der Waals surface area contributed by atoms with Gasteiger partial charge in [-0.15, -0.1) is 0 Å². The van der Waals surface area contributed by atoms with E-state index in [9.17, 15) is 9.59 Å². The monoisotopic (exact) mass is 397 g/mol. The number of carbonyl (C=O) groups excluding carboxylic acids is 2. The van der Waals surface area contributed by atoms with Gasteiger partial charge >= 0.3 is 5.97 Å². The van der Waals surface area contributed by atoms with Gasteiger partial charge in [-0.2, -0.15) is 5.10 Å². The summed E-state index contributed by atoms with van der Waals surface area (Å²) >= 11 is 6.00. The maximum atomic E-state index is 12.5. The maximum Gasteiger partial charge on any atom is 0.339 e. The van der Waals surface area contributed by atoms with E-state index in [1.54, 1.807) is 24.3 Å². The van der Waals surface area contributed by atoms with Crippen LogP contribution in [-0.2, 0) is 11.3 Å². The molecule has 0 bridgehead atoms. The number of methoxy groups -OCH3 is 1. The van der Waals surface area contributed by atoms with Gasteiger partial charge in [-0.3, -0.25) is 9.48 Å². The molecular weight excluding hydrogens is 378 g/mol. The van der Waals surface area contributed by atoms with E-state index in [0.717, 1.165) is 17.0 Å². The molecule has 0 atom stereocenters. The summed E-state index contributed by atoms with van der Waals surface area (Å²) in [6.45, 7) is 4.61. The van der Waals surface area contributed by atoms with Crippen molar-refractivity contribution in [3.8, 4) is 0 Å². The van der Waals surface area contributed by atoms with Crippen molar-refractivity contribution >= 4 is 29.2 Å². The van der Waals surface area contributed by atoms with Crippen LogP contribution >= 0.6 is 11.6 Å². The van der Waals surface area contributed by atoms with Crippen LogP contribution in [0.1, 0.15) is 37.7 Å². The lowest BCUT2D eigenvalue weighted by Gasteiger charge is -2.09. The molecule has 0 radical (unpaired) electrons. The second-order valence-corrected chi connectivity index (χ2v) is 6.83. The number of aromatic nitrogens is 2. The number of carbonyl (C=O) groups is 2. The highest BCUT2D eigenvalue weighted by Crippen LogP contribution is 2.22. The molecule has 0 spiro atoms. The molecule has 0 fully saturated rings. The van der Waals surface area contributed by atoms with Crippen LogP contribution in [0.4, 0.5) is 5.69 Å². The fourth-order valence-electron chi connectivity index (χ4n) is 2.84. The molecule has 0 aliphatic heterocycles. The minimum absolute atomic E-state index is 0.196. The first-order valence-corrected chi connectivity index (χ1v) is 9.04. The van der Waals surface area contributed by atoms with Gasteiger partial charge in [-0.1, -0.05) is 23.7 Å². The largest absolute Gasteiger partial charge is 0.465 e. The van der Waals surface area contributed by atoms with Crippen LogP contribution < -0.4 is 5.32 Å². The minimum atomic E-state index is -0.561. The molecule has 144 valence electrons. The maximum absolute atomic E-state index is 12.5. The van der Waals surface area contributed by atoms with E-state index in [1.165, 1.54) is 13.2 Å². The third-order valence-corrected chi connectivity index (χ3v) is 4.61. The number of ether oxygens (including phenoxy) is 1. The number of amides is 1. The average Bonchev–Trinajstić information content (AvgIpc) is 3.00. The Morgan fingerprint density at radius 1 is 1.11 bits per heavy atom. The number of hydrogen-bond donors (Lipinski definition) is 1. The third-order valence-electron chi connectivity index (χ3n) is 4.28. The van der Waals surface area contributed by atoms with Crippen LogP contribution in [-0.4, -0.2) is 28.8 Å². The van der Waals surface area contributed by atoms with Gasteiger partial charge in [0.05, 0.1) is 29.9 Å². The van der Waals surface area contributed by atoms with Gasteiger partial charge < -0.3 is 10.1 Å². The molecule has 0 saturated heterocycles. The van der Waals surface area contributed by atoms with Gasteiger partial charge in [0.25, 0.3) is 5.91 Å². The quantitative estimate of drug-likeness (QED) is 0.653. The third kappa shape index (κ3) is 4.40. The predicted molar refractivity (Wildman–Crippen MR) is 108 cm³/mol. The molecule has 0 aliphatic rings. The van der Waals surface area contributed by atoms with Gasteiger partial charge in [0, 0.05) is 16.9 Å². The second-order valence-electron chi connectivity index (χ2n) is 6.42. The summed E-state index contributed by atoms with van der Waals surface area (Å²) in [6, 6.07) is 14.0. The van der Waals surface area contributed by atoms with Crippen molar-refractivity contribution in [2.45, 2.75) is 20.4 Å². The van der Waals surface area contributed by atoms with Crippen LogP contribution in [0.3, 0.4) is 0 Å².